The number of carbonyl (C=O) groups excluding carboxylic acids is 4. The predicted molar refractivity (Wildman–Crippen MR) is 140 cm³/mol. The fourth-order valence-electron chi connectivity index (χ4n) is 3.75. The van der Waals surface area contributed by atoms with Crippen LogP contribution in [0, 0.1) is 6.92 Å². The second-order valence-corrected chi connectivity index (χ2v) is 10.0. The molecule has 0 heterocycles. The largest absolute Gasteiger partial charge is 0.459 e. The molecule has 0 aliphatic carbocycles. The first-order valence-electron chi connectivity index (χ1n) is 12.5. The van der Waals surface area contributed by atoms with Crippen LogP contribution in [-0.2, 0) is 30.3 Å². The van der Waals surface area contributed by atoms with Crippen molar-refractivity contribution in [2.45, 2.75) is 72.6 Å². The first kappa shape index (κ1) is 31.1. The van der Waals surface area contributed by atoms with E-state index in [2.05, 4.69) is 5.32 Å². The van der Waals surface area contributed by atoms with Crippen LogP contribution in [-0.4, -0.2) is 96.3 Å². The fourth-order valence-corrected chi connectivity index (χ4v) is 3.75. The normalized spacial score (nSPS) is 12.9. The molecule has 0 aromatic heterocycles. The number of carbonyl (C=O) groups is 4. The Labute approximate surface area is 216 Å². The summed E-state index contributed by atoms with van der Waals surface area (Å²) in [7, 11) is 3.22. The van der Waals surface area contributed by atoms with E-state index in [0.29, 0.717) is 6.54 Å². The fraction of sp³-hybridized carbons (Fsp3) is 0.630. The van der Waals surface area contributed by atoms with Gasteiger partial charge in [-0.25, -0.2) is 0 Å². The number of ether oxygens (including phenoxy) is 1. The van der Waals surface area contributed by atoms with E-state index in [0.717, 1.165) is 11.1 Å². The quantitative estimate of drug-likeness (QED) is 0.437. The highest BCUT2D eigenvalue weighted by Gasteiger charge is 2.34. The van der Waals surface area contributed by atoms with Gasteiger partial charge in [0.2, 0.25) is 17.7 Å². The maximum atomic E-state index is 13.6. The second-order valence-electron chi connectivity index (χ2n) is 10.0. The Morgan fingerprint density at radius 2 is 1.56 bits per heavy atom. The molecule has 0 radical (unpaired) electrons. The lowest BCUT2D eigenvalue weighted by Gasteiger charge is -2.35. The zero-order valence-electron chi connectivity index (χ0n) is 23.4. The van der Waals surface area contributed by atoms with Gasteiger partial charge in [0.1, 0.15) is 18.2 Å². The zero-order valence-corrected chi connectivity index (χ0v) is 23.4. The van der Waals surface area contributed by atoms with Crippen molar-refractivity contribution >= 4 is 23.7 Å². The number of benzene rings is 1. The topological polar surface area (TPSA) is 99.3 Å². The van der Waals surface area contributed by atoms with Crippen LogP contribution in [0.5, 0.6) is 0 Å². The van der Waals surface area contributed by atoms with Crippen LogP contribution >= 0.6 is 0 Å². The summed E-state index contributed by atoms with van der Waals surface area (Å²) in [4.78, 5) is 56.4. The molecule has 202 valence electrons. The third-order valence-corrected chi connectivity index (χ3v) is 5.86. The first-order valence-corrected chi connectivity index (χ1v) is 12.5. The monoisotopic (exact) mass is 504 g/mol. The molecule has 9 heteroatoms. The minimum atomic E-state index is -0.840. The lowest BCUT2D eigenvalue weighted by Crippen LogP contribution is -2.55. The van der Waals surface area contributed by atoms with Crippen molar-refractivity contribution in [2.24, 2.45) is 0 Å². The number of likely N-dealkylation sites (N-methyl/N-ethyl adjacent to an activating group) is 4. The number of aryl methyl sites for hydroxylation is 1. The molecular weight excluding hydrogens is 460 g/mol. The Morgan fingerprint density at radius 3 is 2.03 bits per heavy atom. The lowest BCUT2D eigenvalue weighted by atomic mass is 10.0. The Bertz CT molecular complexity index is 894. The minimum Gasteiger partial charge on any atom is -0.459 e. The van der Waals surface area contributed by atoms with Gasteiger partial charge in [0.15, 0.2) is 0 Å². The van der Waals surface area contributed by atoms with Gasteiger partial charge >= 0.3 is 5.97 Å². The van der Waals surface area contributed by atoms with Gasteiger partial charge in [0.05, 0.1) is 12.6 Å². The maximum absolute atomic E-state index is 13.6. The van der Waals surface area contributed by atoms with Crippen molar-refractivity contribution in [3.05, 3.63) is 35.4 Å². The molecule has 1 aromatic rings. The predicted octanol–water partition coefficient (Wildman–Crippen LogP) is 2.01. The summed E-state index contributed by atoms with van der Waals surface area (Å²) in [5.74, 6) is -1.40. The van der Waals surface area contributed by atoms with Crippen LogP contribution in [0.25, 0.3) is 0 Å². The van der Waals surface area contributed by atoms with E-state index in [4.69, 9.17) is 4.74 Å². The standard InChI is InChI=1S/C27H44N4O5/c1-10-30(25(34)20(4)28-8)17-23(32)31(11-2)22(16-21-14-12-19(3)13-15-21)26(35)29(9)18-24(33)36-27(5,6)7/h12-15,20,22,28H,10-11,16-18H2,1-9H3/t20?,22-/m0/s1. The molecule has 0 saturated heterocycles. The number of hydrogen-bond donors (Lipinski definition) is 1. The molecule has 36 heavy (non-hydrogen) atoms. The molecule has 1 rings (SSSR count). The van der Waals surface area contributed by atoms with E-state index in [1.807, 2.05) is 38.1 Å². The number of nitrogens with zero attached hydrogens (tertiary/aromatic N) is 3. The van der Waals surface area contributed by atoms with Gasteiger partial charge in [-0.1, -0.05) is 29.8 Å². The average molecular weight is 505 g/mol. The number of hydrogen-bond acceptors (Lipinski definition) is 6. The smallest absolute Gasteiger partial charge is 0.326 e. The van der Waals surface area contributed by atoms with Crippen LogP contribution in [0.3, 0.4) is 0 Å². The van der Waals surface area contributed by atoms with E-state index >= 15 is 0 Å². The second kappa shape index (κ2) is 14.0. The highest BCUT2D eigenvalue weighted by atomic mass is 16.6. The molecule has 1 aromatic carbocycles. The van der Waals surface area contributed by atoms with Gasteiger partial charge < -0.3 is 24.8 Å². The van der Waals surface area contributed by atoms with Gasteiger partial charge in [-0.3, -0.25) is 19.2 Å². The zero-order chi connectivity index (χ0) is 27.6. The van der Waals surface area contributed by atoms with Crippen molar-refractivity contribution < 1.29 is 23.9 Å². The Kier molecular flexibility index (Phi) is 12.1. The third-order valence-electron chi connectivity index (χ3n) is 5.86. The number of esters is 1. The summed E-state index contributed by atoms with van der Waals surface area (Å²) >= 11 is 0. The van der Waals surface area contributed by atoms with E-state index in [9.17, 15) is 19.2 Å². The molecule has 0 aliphatic rings. The molecule has 9 nitrogen and oxygen atoms in total. The van der Waals surface area contributed by atoms with E-state index in [-0.39, 0.29) is 43.8 Å². The van der Waals surface area contributed by atoms with Gasteiger partial charge in [0, 0.05) is 26.6 Å². The highest BCUT2D eigenvalue weighted by Crippen LogP contribution is 2.15. The Morgan fingerprint density at radius 1 is 0.972 bits per heavy atom. The number of rotatable bonds is 12. The Balaban J connectivity index is 3.22. The summed E-state index contributed by atoms with van der Waals surface area (Å²) in [6, 6.07) is 6.49. The average Bonchev–Trinajstić information content (AvgIpc) is 2.80. The van der Waals surface area contributed by atoms with Gasteiger partial charge in [-0.15, -0.1) is 0 Å². The molecule has 0 bridgehead atoms. The summed E-state index contributed by atoms with van der Waals surface area (Å²) in [6.45, 7) is 12.9. The summed E-state index contributed by atoms with van der Waals surface area (Å²) < 4.78 is 5.37. The number of amides is 3. The molecular formula is C27H44N4O5. The highest BCUT2D eigenvalue weighted by molar-refractivity contribution is 5.92. The molecule has 0 aliphatic heterocycles. The Hall–Kier alpha value is -2.94. The molecule has 1 N–H and O–H groups in total. The molecule has 0 saturated carbocycles. The third kappa shape index (κ3) is 9.60. The van der Waals surface area contributed by atoms with E-state index in [1.54, 1.807) is 41.7 Å². The van der Waals surface area contributed by atoms with Crippen molar-refractivity contribution in [3.63, 3.8) is 0 Å². The van der Waals surface area contributed by atoms with Crippen molar-refractivity contribution in [1.29, 1.82) is 0 Å². The minimum absolute atomic E-state index is 0.136. The summed E-state index contributed by atoms with van der Waals surface area (Å²) in [5.41, 5.74) is 1.31. The van der Waals surface area contributed by atoms with E-state index in [1.165, 1.54) is 21.7 Å². The summed E-state index contributed by atoms with van der Waals surface area (Å²) in [5, 5.41) is 2.90. The lowest BCUT2D eigenvalue weighted by molar-refractivity contribution is -0.159. The molecule has 0 spiro atoms. The van der Waals surface area contributed by atoms with Crippen molar-refractivity contribution in [3.8, 4) is 0 Å². The van der Waals surface area contributed by atoms with E-state index < -0.39 is 23.7 Å². The van der Waals surface area contributed by atoms with Crippen LogP contribution < -0.4 is 5.32 Å². The van der Waals surface area contributed by atoms with Crippen molar-refractivity contribution in [1.82, 2.24) is 20.0 Å². The molecule has 2 atom stereocenters. The summed E-state index contributed by atoms with van der Waals surface area (Å²) in [6.07, 6.45) is 0.282. The van der Waals surface area contributed by atoms with Crippen LogP contribution in [0.2, 0.25) is 0 Å². The van der Waals surface area contributed by atoms with Crippen molar-refractivity contribution in [2.75, 3.05) is 40.3 Å². The van der Waals surface area contributed by atoms with Gasteiger partial charge in [-0.05, 0) is 61.1 Å². The maximum Gasteiger partial charge on any atom is 0.326 e. The first-order chi connectivity index (χ1) is 16.7. The molecule has 1 unspecified atom stereocenters. The van der Waals surface area contributed by atoms with Crippen LogP contribution in [0.1, 0.15) is 52.7 Å². The van der Waals surface area contributed by atoms with Crippen LogP contribution in [0.15, 0.2) is 24.3 Å². The SMILES string of the molecule is CCN(CC(=O)N(CC)[C@@H](Cc1ccc(C)cc1)C(=O)N(C)CC(=O)OC(C)(C)C)C(=O)C(C)NC. The van der Waals surface area contributed by atoms with Gasteiger partial charge in [-0.2, -0.15) is 0 Å². The molecule has 0 fully saturated rings. The van der Waals surface area contributed by atoms with Gasteiger partial charge in [0.25, 0.3) is 0 Å². The molecule has 3 amide bonds. The van der Waals surface area contributed by atoms with Crippen LogP contribution in [0.4, 0.5) is 0 Å². The number of nitrogens with one attached hydrogen (secondary N) is 1.